The van der Waals surface area contributed by atoms with Crippen LogP contribution in [0.4, 0.5) is 5.69 Å². The van der Waals surface area contributed by atoms with E-state index in [1.165, 1.54) is 6.92 Å². The van der Waals surface area contributed by atoms with Crippen LogP contribution in [0.5, 0.6) is 0 Å². The second-order valence-electron chi connectivity index (χ2n) is 6.61. The number of nitriles is 1. The zero-order chi connectivity index (χ0) is 18.5. The van der Waals surface area contributed by atoms with E-state index in [1.54, 1.807) is 12.1 Å². The third kappa shape index (κ3) is 4.10. The van der Waals surface area contributed by atoms with E-state index in [0.717, 1.165) is 37.4 Å². The van der Waals surface area contributed by atoms with Crippen LogP contribution in [0.15, 0.2) is 48.5 Å². The monoisotopic (exact) mass is 349 g/mol. The molecule has 0 bridgehead atoms. The molecule has 2 aromatic rings. The van der Waals surface area contributed by atoms with Gasteiger partial charge in [0.15, 0.2) is 5.78 Å². The predicted octanol–water partition coefficient (Wildman–Crippen LogP) is 2.62. The Morgan fingerprint density at radius 3 is 2.46 bits per heavy atom. The molecule has 1 saturated heterocycles. The molecule has 2 aromatic carbocycles. The van der Waals surface area contributed by atoms with Crippen LogP contribution in [0.2, 0.25) is 0 Å². The fourth-order valence-electron chi connectivity index (χ4n) is 3.30. The Bertz CT molecular complexity index is 806. The van der Waals surface area contributed by atoms with Gasteiger partial charge >= 0.3 is 0 Å². The molecule has 0 saturated carbocycles. The minimum absolute atomic E-state index is 0.000333. The summed E-state index contributed by atoms with van der Waals surface area (Å²) in [5.74, 6) is 0.000333. The normalized spacial score (nSPS) is 16.1. The molecule has 134 valence electrons. The van der Waals surface area contributed by atoms with Crippen LogP contribution in [-0.4, -0.2) is 48.5 Å². The average molecular weight is 349 g/mol. The molecule has 5 heteroatoms. The Morgan fingerprint density at radius 1 is 1.15 bits per heavy atom. The van der Waals surface area contributed by atoms with E-state index in [2.05, 4.69) is 15.9 Å². The fraction of sp³-hybridized carbons (Fsp3) is 0.333. The molecule has 0 radical (unpaired) electrons. The van der Waals surface area contributed by atoms with Crippen molar-refractivity contribution in [1.29, 1.82) is 5.26 Å². The van der Waals surface area contributed by atoms with Crippen LogP contribution in [0.25, 0.3) is 0 Å². The molecule has 0 aromatic heterocycles. The summed E-state index contributed by atoms with van der Waals surface area (Å²) in [5, 5.41) is 19.8. The van der Waals surface area contributed by atoms with Crippen molar-refractivity contribution in [3.63, 3.8) is 0 Å². The highest BCUT2D eigenvalue weighted by atomic mass is 16.3. The van der Waals surface area contributed by atoms with Crippen LogP contribution in [0.1, 0.15) is 34.5 Å². The van der Waals surface area contributed by atoms with Crippen molar-refractivity contribution in [2.45, 2.75) is 13.0 Å². The first-order valence-corrected chi connectivity index (χ1v) is 8.84. The molecule has 0 aliphatic carbocycles. The summed E-state index contributed by atoms with van der Waals surface area (Å²) in [6.07, 6.45) is -0.501. The highest BCUT2D eigenvalue weighted by Gasteiger charge is 2.22. The number of β-amino-alcohol motifs (C(OH)–C–C–N with tert-alkyl or cyclic N) is 1. The maximum atomic E-state index is 11.7. The minimum Gasteiger partial charge on any atom is -0.387 e. The minimum atomic E-state index is -0.501. The van der Waals surface area contributed by atoms with E-state index in [9.17, 15) is 15.2 Å². The molecular weight excluding hydrogens is 326 g/mol. The lowest BCUT2D eigenvalue weighted by molar-refractivity contribution is 0.101. The van der Waals surface area contributed by atoms with Crippen molar-refractivity contribution in [3.05, 3.63) is 65.2 Å². The number of rotatable bonds is 5. The second-order valence-corrected chi connectivity index (χ2v) is 6.61. The Kier molecular flexibility index (Phi) is 5.67. The summed E-state index contributed by atoms with van der Waals surface area (Å²) >= 11 is 0. The van der Waals surface area contributed by atoms with E-state index >= 15 is 0 Å². The molecule has 5 nitrogen and oxygen atoms in total. The lowest BCUT2D eigenvalue weighted by Gasteiger charge is -2.37. The largest absolute Gasteiger partial charge is 0.387 e. The van der Waals surface area contributed by atoms with Gasteiger partial charge in [-0.05, 0) is 30.7 Å². The highest BCUT2D eigenvalue weighted by Crippen LogP contribution is 2.24. The van der Waals surface area contributed by atoms with Crippen molar-refractivity contribution >= 4 is 11.5 Å². The topological polar surface area (TPSA) is 67.6 Å². The van der Waals surface area contributed by atoms with Crippen LogP contribution in [0.3, 0.4) is 0 Å². The van der Waals surface area contributed by atoms with Gasteiger partial charge in [-0.2, -0.15) is 5.26 Å². The second kappa shape index (κ2) is 8.13. The lowest BCUT2D eigenvalue weighted by atomic mass is 10.1. The van der Waals surface area contributed by atoms with E-state index in [4.69, 9.17) is 0 Å². The van der Waals surface area contributed by atoms with E-state index in [1.807, 2.05) is 36.4 Å². The van der Waals surface area contributed by atoms with Crippen molar-refractivity contribution in [2.24, 2.45) is 0 Å². The smallest absolute Gasteiger partial charge is 0.159 e. The molecule has 0 amide bonds. The summed E-state index contributed by atoms with van der Waals surface area (Å²) < 4.78 is 0. The number of aliphatic hydroxyl groups excluding tert-OH is 1. The maximum Gasteiger partial charge on any atom is 0.159 e. The number of hydrogen-bond donors (Lipinski definition) is 1. The predicted molar refractivity (Wildman–Crippen MR) is 101 cm³/mol. The molecule has 1 atom stereocenters. The first kappa shape index (κ1) is 18.1. The number of Topliss-reactive ketones (excluding diaryl/α,β-unsaturated/α-hetero) is 1. The number of aliphatic hydroxyl groups is 1. The van der Waals surface area contributed by atoms with Gasteiger partial charge in [0.2, 0.25) is 0 Å². The highest BCUT2D eigenvalue weighted by molar-refractivity contribution is 5.95. The summed E-state index contributed by atoms with van der Waals surface area (Å²) in [7, 11) is 0. The molecule has 1 aliphatic rings. The fourth-order valence-corrected chi connectivity index (χ4v) is 3.30. The van der Waals surface area contributed by atoms with Crippen molar-refractivity contribution < 1.29 is 9.90 Å². The van der Waals surface area contributed by atoms with Crippen LogP contribution >= 0.6 is 0 Å². The Labute approximate surface area is 154 Å². The summed E-state index contributed by atoms with van der Waals surface area (Å²) in [6.45, 7) is 5.26. The van der Waals surface area contributed by atoms with Crippen LogP contribution in [-0.2, 0) is 0 Å². The molecule has 26 heavy (non-hydrogen) atoms. The quantitative estimate of drug-likeness (QED) is 0.841. The number of ketones is 1. The Hall–Kier alpha value is -2.68. The van der Waals surface area contributed by atoms with Gasteiger partial charge in [0.25, 0.3) is 0 Å². The number of piperazine rings is 1. The Morgan fingerprint density at radius 2 is 1.85 bits per heavy atom. The van der Waals surface area contributed by atoms with E-state index in [0.29, 0.717) is 17.7 Å². The molecule has 0 spiro atoms. The molecule has 1 heterocycles. The zero-order valence-corrected chi connectivity index (χ0v) is 14.9. The zero-order valence-electron chi connectivity index (χ0n) is 14.9. The van der Waals surface area contributed by atoms with Crippen molar-refractivity contribution in [2.75, 3.05) is 37.6 Å². The number of carbonyl (C=O) groups is 1. The molecule has 1 unspecified atom stereocenters. The van der Waals surface area contributed by atoms with Gasteiger partial charge in [-0.15, -0.1) is 0 Å². The first-order valence-electron chi connectivity index (χ1n) is 8.84. The standard InChI is InChI=1S/C21H23N3O2/c1-16(25)18-7-8-19(14-22)20(13-18)24-11-9-23(10-12-24)15-21(26)17-5-3-2-4-6-17/h2-8,13,21,26H,9-12,15H2,1H3. The van der Waals surface area contributed by atoms with Gasteiger partial charge in [-0.3, -0.25) is 9.69 Å². The lowest BCUT2D eigenvalue weighted by Crippen LogP contribution is -2.47. The number of carbonyl (C=O) groups excluding carboxylic acids is 1. The number of benzene rings is 2. The van der Waals surface area contributed by atoms with Gasteiger partial charge in [0.05, 0.1) is 17.4 Å². The van der Waals surface area contributed by atoms with E-state index in [-0.39, 0.29) is 5.78 Å². The van der Waals surface area contributed by atoms with Gasteiger partial charge in [0.1, 0.15) is 6.07 Å². The van der Waals surface area contributed by atoms with Crippen LogP contribution < -0.4 is 4.90 Å². The van der Waals surface area contributed by atoms with Crippen LogP contribution in [0, 0.1) is 11.3 Å². The number of nitrogens with zero attached hydrogens (tertiary/aromatic N) is 3. The van der Waals surface area contributed by atoms with Gasteiger partial charge in [0, 0.05) is 38.3 Å². The molecule has 1 fully saturated rings. The summed E-state index contributed by atoms with van der Waals surface area (Å²) in [4.78, 5) is 16.0. The molecular formula is C21H23N3O2. The van der Waals surface area contributed by atoms with Gasteiger partial charge in [-0.1, -0.05) is 30.3 Å². The third-order valence-electron chi connectivity index (χ3n) is 4.85. The van der Waals surface area contributed by atoms with Gasteiger partial charge in [-0.25, -0.2) is 0 Å². The molecule has 1 N–H and O–H groups in total. The maximum absolute atomic E-state index is 11.7. The number of hydrogen-bond acceptors (Lipinski definition) is 5. The SMILES string of the molecule is CC(=O)c1ccc(C#N)c(N2CCN(CC(O)c3ccccc3)CC2)c1. The molecule has 3 rings (SSSR count). The van der Waals surface area contributed by atoms with Gasteiger partial charge < -0.3 is 10.0 Å². The van der Waals surface area contributed by atoms with E-state index < -0.39 is 6.10 Å². The number of anilines is 1. The average Bonchev–Trinajstić information content (AvgIpc) is 2.68. The summed E-state index contributed by atoms with van der Waals surface area (Å²) in [5.41, 5.74) is 2.97. The van der Waals surface area contributed by atoms with Crippen molar-refractivity contribution in [3.8, 4) is 6.07 Å². The third-order valence-corrected chi connectivity index (χ3v) is 4.85. The first-order chi connectivity index (χ1) is 12.6. The van der Waals surface area contributed by atoms with Crippen molar-refractivity contribution in [1.82, 2.24) is 4.90 Å². The summed E-state index contributed by atoms with van der Waals surface area (Å²) in [6, 6.07) is 17.1. The Balaban J connectivity index is 1.64. The molecule has 1 aliphatic heterocycles.